The van der Waals surface area contributed by atoms with E-state index < -0.39 is 24.4 Å². The lowest BCUT2D eigenvalue weighted by atomic mass is 9.68. The molecule has 39 heavy (non-hydrogen) atoms. The molecule has 0 aromatic heterocycles. The Balaban J connectivity index is 1.40. The molecule has 5 unspecified atom stereocenters. The van der Waals surface area contributed by atoms with Crippen LogP contribution in [0.15, 0.2) is 42.1 Å². The predicted octanol–water partition coefficient (Wildman–Crippen LogP) is 3.59. The van der Waals surface area contributed by atoms with E-state index in [0.717, 1.165) is 19.3 Å². The summed E-state index contributed by atoms with van der Waals surface area (Å²) in [4.78, 5) is 52.2. The summed E-state index contributed by atoms with van der Waals surface area (Å²) in [5, 5.41) is 2.91. The molecule has 1 aromatic rings. The van der Waals surface area contributed by atoms with Gasteiger partial charge in [-0.05, 0) is 25.5 Å². The van der Waals surface area contributed by atoms with Crippen molar-refractivity contribution in [2.45, 2.75) is 77.7 Å². The van der Waals surface area contributed by atoms with Gasteiger partial charge in [-0.3, -0.25) is 19.3 Å². The first kappa shape index (κ1) is 29.0. The Kier molecular flexibility index (Phi) is 9.56. The van der Waals surface area contributed by atoms with Gasteiger partial charge in [-0.2, -0.15) is 11.8 Å². The van der Waals surface area contributed by atoms with Crippen molar-refractivity contribution in [2.75, 3.05) is 19.8 Å². The highest BCUT2D eigenvalue weighted by Gasteiger charge is 2.42. The molecule has 0 bridgehead atoms. The third kappa shape index (κ3) is 7.54. The van der Waals surface area contributed by atoms with E-state index in [1.54, 1.807) is 31.2 Å². The van der Waals surface area contributed by atoms with Crippen molar-refractivity contribution in [2.24, 2.45) is 11.3 Å². The molecule has 0 radical (unpaired) electrons. The smallest absolute Gasteiger partial charge is 0.338 e. The monoisotopic (exact) mass is 539 g/mol. The zero-order valence-corrected chi connectivity index (χ0v) is 23.0. The summed E-state index contributed by atoms with van der Waals surface area (Å²) < 4.78 is 17.6. The van der Waals surface area contributed by atoms with E-state index in [9.17, 15) is 19.2 Å². The average molecular weight is 540 g/mol. The summed E-state index contributed by atoms with van der Waals surface area (Å²) in [6, 6.07) is 8.65. The van der Waals surface area contributed by atoms with Gasteiger partial charge in [0.25, 0.3) is 0 Å². The Morgan fingerprint density at radius 2 is 1.97 bits per heavy atom. The molecule has 2 aliphatic heterocycles. The number of allylic oxidation sites excluding steroid dienone is 1. The first-order valence-corrected chi connectivity index (χ1v) is 13.8. The van der Waals surface area contributed by atoms with Gasteiger partial charge in [-0.15, -0.1) is 6.42 Å². The van der Waals surface area contributed by atoms with Crippen LogP contribution in [0, 0.1) is 17.8 Å². The number of esters is 1. The maximum Gasteiger partial charge on any atom is 0.338 e. The number of Topliss-reactive ketones (excluding diaryl/α,β-unsaturated/α-hetero) is 1. The van der Waals surface area contributed by atoms with Crippen molar-refractivity contribution < 1.29 is 33.4 Å². The maximum absolute atomic E-state index is 13.1. The van der Waals surface area contributed by atoms with Crippen molar-refractivity contribution in [3.8, 4) is 0 Å². The number of ether oxygens (including phenoxy) is 3. The molecule has 2 heterocycles. The lowest BCUT2D eigenvalue weighted by Crippen LogP contribution is -2.45. The van der Waals surface area contributed by atoms with E-state index >= 15 is 0 Å². The average Bonchev–Trinajstić information content (AvgIpc) is 3.33. The largest absolute Gasteiger partial charge is 0.459 e. The summed E-state index contributed by atoms with van der Waals surface area (Å²) in [6.45, 7) is 6.02. The number of hydrogen-bond donors (Lipinski definition) is 1. The number of carbonyl (C=O) groups excluding carboxylic acids is 4. The maximum atomic E-state index is 13.1. The zero-order valence-electron chi connectivity index (χ0n) is 23.0. The summed E-state index contributed by atoms with van der Waals surface area (Å²) in [5.74, 6) is -1.17. The molecule has 0 spiro atoms. The minimum atomic E-state index is -0.856. The lowest BCUT2D eigenvalue weighted by Gasteiger charge is -2.50. The Bertz CT molecular complexity index is 1080. The van der Waals surface area contributed by atoms with Gasteiger partial charge in [-0.25, -0.2) is 4.79 Å². The molecule has 1 aromatic carbocycles. The number of amides is 2. The molecule has 5 atom stereocenters. The summed E-state index contributed by atoms with van der Waals surface area (Å²) in [5.41, 5.74) is 1.07. The van der Waals surface area contributed by atoms with E-state index in [1.807, 2.05) is 13.0 Å². The van der Waals surface area contributed by atoms with Crippen molar-refractivity contribution in [3.63, 3.8) is 0 Å². The normalized spacial score (nSPS) is 30.5. The molecule has 1 N–H and O–H groups in total. The zero-order chi connectivity index (χ0) is 28.0. The second-order valence-electron chi connectivity index (χ2n) is 11.1. The topological polar surface area (TPSA) is 111 Å². The molecule has 1 saturated carbocycles. The van der Waals surface area contributed by atoms with Crippen molar-refractivity contribution >= 4 is 23.6 Å². The van der Waals surface area contributed by atoms with Crippen LogP contribution in [0.2, 0.25) is 0 Å². The predicted molar refractivity (Wildman–Crippen MR) is 143 cm³/mol. The standard InChI is InChI=1S/C30H39N2O7/c1-20-10-11-26(34)32(17-21(2)27(20)35)28-24(37-19-25(33)31-15-14-30(3)12-7-13-30)16-23(39-28)18-38-29(36)22-8-5-4-6-9-22/h4-6,8-9,12,17,20,23-24,28H,7,10-11,13-16,18-19H2,1-3H3,(H,31,33)/q-1/b21-17-. The van der Waals surface area contributed by atoms with E-state index in [1.165, 1.54) is 11.1 Å². The second-order valence-corrected chi connectivity index (χ2v) is 11.1. The Morgan fingerprint density at radius 3 is 2.67 bits per heavy atom. The molecule has 9 heteroatoms. The third-order valence-corrected chi connectivity index (χ3v) is 7.88. The van der Waals surface area contributed by atoms with Crippen molar-refractivity contribution in [1.29, 1.82) is 0 Å². The van der Waals surface area contributed by atoms with Crippen LogP contribution in [0.1, 0.15) is 69.7 Å². The van der Waals surface area contributed by atoms with Crippen LogP contribution in [0.5, 0.6) is 0 Å². The van der Waals surface area contributed by atoms with Gasteiger partial charge >= 0.3 is 5.97 Å². The first-order valence-electron chi connectivity index (χ1n) is 13.8. The highest BCUT2D eigenvalue weighted by atomic mass is 16.6. The quantitative estimate of drug-likeness (QED) is 0.357. The van der Waals surface area contributed by atoms with Crippen molar-refractivity contribution in [3.05, 3.63) is 54.1 Å². The molecule has 9 nitrogen and oxygen atoms in total. The van der Waals surface area contributed by atoms with Crippen molar-refractivity contribution in [1.82, 2.24) is 10.2 Å². The van der Waals surface area contributed by atoms with Crippen LogP contribution in [-0.4, -0.2) is 66.7 Å². The van der Waals surface area contributed by atoms with Crippen LogP contribution in [-0.2, 0) is 28.6 Å². The Morgan fingerprint density at radius 1 is 1.23 bits per heavy atom. The minimum absolute atomic E-state index is 0.0203. The molecule has 1 aliphatic carbocycles. The highest BCUT2D eigenvalue weighted by molar-refractivity contribution is 5.97. The van der Waals surface area contributed by atoms with Crippen LogP contribution >= 0.6 is 0 Å². The minimum Gasteiger partial charge on any atom is -0.459 e. The number of benzene rings is 1. The van der Waals surface area contributed by atoms with E-state index in [0.29, 0.717) is 30.5 Å². The summed E-state index contributed by atoms with van der Waals surface area (Å²) in [7, 11) is 0. The third-order valence-electron chi connectivity index (χ3n) is 7.88. The van der Waals surface area contributed by atoms with Crippen LogP contribution in [0.4, 0.5) is 0 Å². The number of ketones is 1. The number of hydrogen-bond acceptors (Lipinski definition) is 7. The number of nitrogens with zero attached hydrogens (tertiary/aromatic N) is 1. The molecule has 1 saturated heterocycles. The first-order chi connectivity index (χ1) is 18.6. The van der Waals surface area contributed by atoms with Gasteiger partial charge in [0.2, 0.25) is 11.8 Å². The fourth-order valence-corrected chi connectivity index (χ4v) is 5.18. The molecular formula is C30H39N2O7-. The second kappa shape index (κ2) is 12.9. The molecule has 4 rings (SSSR count). The van der Waals surface area contributed by atoms with Crippen LogP contribution < -0.4 is 5.32 Å². The summed E-state index contributed by atoms with van der Waals surface area (Å²) in [6.07, 6.45) is 5.82. The Hall–Kier alpha value is -3.04. The number of nitrogens with one attached hydrogen (secondary N) is 1. The van der Waals surface area contributed by atoms with Gasteiger partial charge in [0.05, 0.1) is 11.7 Å². The van der Waals surface area contributed by atoms with E-state index in [2.05, 4.69) is 18.7 Å². The molecular weight excluding hydrogens is 500 g/mol. The van der Waals surface area contributed by atoms with E-state index in [4.69, 9.17) is 14.2 Å². The van der Waals surface area contributed by atoms with Gasteiger partial charge in [0, 0.05) is 37.1 Å². The molecule has 212 valence electrons. The van der Waals surface area contributed by atoms with Gasteiger partial charge in [0.15, 0.2) is 12.0 Å². The highest BCUT2D eigenvalue weighted by Crippen LogP contribution is 2.41. The summed E-state index contributed by atoms with van der Waals surface area (Å²) >= 11 is 0. The fourth-order valence-electron chi connectivity index (χ4n) is 5.18. The van der Waals surface area contributed by atoms with Gasteiger partial charge in [0.1, 0.15) is 19.3 Å². The van der Waals surface area contributed by atoms with Crippen LogP contribution in [0.3, 0.4) is 0 Å². The Labute approximate surface area is 230 Å². The molecule has 2 fully saturated rings. The van der Waals surface area contributed by atoms with Gasteiger partial charge in [-0.1, -0.05) is 38.5 Å². The fraction of sp³-hybridized carbons (Fsp3) is 0.567. The van der Waals surface area contributed by atoms with Crippen LogP contribution in [0.25, 0.3) is 0 Å². The molecule has 3 aliphatic rings. The SMILES string of the molecule is C/C1=C/N(C2OC(COC(=O)c3ccccc3)CC2OCC(=O)NCCC2(C)[CH-]CC2)C(=O)CCC(C)C1=O. The lowest BCUT2D eigenvalue weighted by molar-refractivity contribution is -0.151. The van der Waals surface area contributed by atoms with E-state index in [-0.39, 0.29) is 48.6 Å². The van der Waals surface area contributed by atoms with Gasteiger partial charge < -0.3 is 25.9 Å². The molecule has 2 amide bonds. The number of rotatable bonds is 10. The number of carbonyl (C=O) groups is 4.